The molecule has 0 unspecified atom stereocenters. The normalized spacial score (nSPS) is 13.2. The Labute approximate surface area is 228 Å². The largest absolute Gasteiger partial charge is 0.444 e. The van der Waals surface area contributed by atoms with Crippen molar-refractivity contribution in [3.8, 4) is 6.07 Å². The quantitative estimate of drug-likeness (QED) is 0.440. The van der Waals surface area contributed by atoms with Gasteiger partial charge in [0.2, 0.25) is 5.95 Å². The summed E-state index contributed by atoms with van der Waals surface area (Å²) in [5.41, 5.74) is 3.76. The van der Waals surface area contributed by atoms with E-state index in [0.717, 1.165) is 23.2 Å². The van der Waals surface area contributed by atoms with E-state index in [1.165, 1.54) is 24.3 Å². The standard InChI is InChI=1S/C27H32N8O3S/c1-17-12-20(13-18-16-35(11-10-21(17)18)26(36)38-27(2,3)4)30-25-29-15-19(14-28)24(33-25)32-22-8-7-9-23(31-22)34-39(5,6)37/h7-9,12-13,15H,10-11,16H2,1-6H3,(H2,29,30,31,32,33). The molecule has 0 fully saturated rings. The zero-order valence-corrected chi connectivity index (χ0v) is 23.7. The van der Waals surface area contributed by atoms with Crippen LogP contribution >= 0.6 is 0 Å². The average Bonchev–Trinajstić information content (AvgIpc) is 2.82. The summed E-state index contributed by atoms with van der Waals surface area (Å²) in [6, 6.07) is 11.1. The van der Waals surface area contributed by atoms with Crippen molar-refractivity contribution >= 4 is 44.9 Å². The Morgan fingerprint density at radius 1 is 1.21 bits per heavy atom. The van der Waals surface area contributed by atoms with E-state index in [-0.39, 0.29) is 23.4 Å². The minimum atomic E-state index is -2.38. The van der Waals surface area contributed by atoms with Gasteiger partial charge in [0.25, 0.3) is 0 Å². The fourth-order valence-corrected chi connectivity index (χ4v) is 4.67. The summed E-state index contributed by atoms with van der Waals surface area (Å²) in [6.07, 6.45) is 4.89. The monoisotopic (exact) mass is 548 g/mol. The maximum Gasteiger partial charge on any atom is 0.410 e. The van der Waals surface area contributed by atoms with Crippen LogP contribution in [0.5, 0.6) is 0 Å². The molecular weight excluding hydrogens is 516 g/mol. The Hall–Kier alpha value is -4.24. The highest BCUT2D eigenvalue weighted by Crippen LogP contribution is 2.29. The number of carbonyl (C=O) groups excluding carboxylic acids is 1. The fraction of sp³-hybridized carbons (Fsp3) is 0.370. The van der Waals surface area contributed by atoms with E-state index in [0.29, 0.717) is 24.7 Å². The van der Waals surface area contributed by atoms with Crippen molar-refractivity contribution in [2.45, 2.75) is 46.3 Å². The van der Waals surface area contributed by atoms with Gasteiger partial charge in [0.1, 0.15) is 23.1 Å². The number of aromatic nitrogens is 3. The molecule has 2 aromatic heterocycles. The van der Waals surface area contributed by atoms with E-state index in [4.69, 9.17) is 4.74 Å². The molecule has 12 heteroatoms. The van der Waals surface area contributed by atoms with Crippen LogP contribution in [0.2, 0.25) is 0 Å². The van der Waals surface area contributed by atoms with Gasteiger partial charge >= 0.3 is 6.09 Å². The molecule has 1 amide bonds. The van der Waals surface area contributed by atoms with Gasteiger partial charge in [-0.05, 0) is 75.1 Å². The van der Waals surface area contributed by atoms with E-state index in [1.807, 2.05) is 39.8 Å². The molecule has 2 N–H and O–H groups in total. The Kier molecular flexibility index (Phi) is 7.74. The molecule has 0 radical (unpaired) electrons. The van der Waals surface area contributed by atoms with Gasteiger partial charge in [-0.2, -0.15) is 14.6 Å². The first-order valence-electron chi connectivity index (χ1n) is 12.4. The number of amides is 1. The van der Waals surface area contributed by atoms with Crippen LogP contribution in [-0.2, 0) is 27.4 Å². The summed E-state index contributed by atoms with van der Waals surface area (Å²) in [4.78, 5) is 27.5. The van der Waals surface area contributed by atoms with E-state index in [1.54, 1.807) is 23.1 Å². The van der Waals surface area contributed by atoms with Crippen molar-refractivity contribution in [3.05, 3.63) is 58.8 Å². The lowest BCUT2D eigenvalue weighted by Crippen LogP contribution is -2.40. The number of nitrogens with zero attached hydrogens (tertiary/aromatic N) is 6. The topological polar surface area (TPSA) is 145 Å². The number of hydrogen-bond donors (Lipinski definition) is 2. The van der Waals surface area contributed by atoms with Crippen LogP contribution in [0, 0.1) is 18.3 Å². The number of nitrogens with one attached hydrogen (secondary N) is 2. The second-order valence-electron chi connectivity index (χ2n) is 10.6. The Morgan fingerprint density at radius 3 is 2.67 bits per heavy atom. The van der Waals surface area contributed by atoms with Crippen molar-refractivity contribution in [3.63, 3.8) is 0 Å². The van der Waals surface area contributed by atoms with Crippen LogP contribution in [0.25, 0.3) is 0 Å². The zero-order chi connectivity index (χ0) is 28.4. The van der Waals surface area contributed by atoms with Crippen LogP contribution in [-0.4, -0.2) is 54.8 Å². The molecule has 0 aliphatic carbocycles. The highest BCUT2D eigenvalue weighted by Gasteiger charge is 2.26. The summed E-state index contributed by atoms with van der Waals surface area (Å²) in [5, 5.41) is 15.8. The van der Waals surface area contributed by atoms with Crippen LogP contribution in [0.3, 0.4) is 0 Å². The molecule has 3 heterocycles. The maximum absolute atomic E-state index is 12.6. The first-order valence-corrected chi connectivity index (χ1v) is 14.7. The number of pyridine rings is 1. The van der Waals surface area contributed by atoms with Gasteiger partial charge in [-0.25, -0.2) is 19.0 Å². The van der Waals surface area contributed by atoms with Gasteiger partial charge in [-0.15, -0.1) is 0 Å². The van der Waals surface area contributed by atoms with Gasteiger partial charge < -0.3 is 20.3 Å². The number of benzene rings is 1. The molecule has 0 bridgehead atoms. The van der Waals surface area contributed by atoms with Gasteiger partial charge in [0, 0.05) is 41.0 Å². The number of anilines is 4. The lowest BCUT2D eigenvalue weighted by Gasteiger charge is -2.32. The van der Waals surface area contributed by atoms with Crippen LogP contribution in [0.15, 0.2) is 40.9 Å². The third-order valence-electron chi connectivity index (χ3n) is 5.67. The minimum absolute atomic E-state index is 0.231. The number of carbonyl (C=O) groups is 1. The van der Waals surface area contributed by atoms with Gasteiger partial charge in [-0.1, -0.05) is 6.07 Å². The molecule has 1 aliphatic heterocycles. The molecule has 0 atom stereocenters. The third-order valence-corrected chi connectivity index (χ3v) is 6.30. The lowest BCUT2D eigenvalue weighted by atomic mass is 9.94. The van der Waals surface area contributed by atoms with E-state index >= 15 is 0 Å². The molecule has 0 spiro atoms. The molecule has 4 rings (SSSR count). The van der Waals surface area contributed by atoms with E-state index in [9.17, 15) is 14.3 Å². The SMILES string of the molecule is Cc1cc(Nc2ncc(C#N)c(Nc3cccc(N=S(C)(C)=O)n3)n2)cc2c1CCN(C(=O)OC(C)(C)C)C2. The molecule has 11 nitrogen and oxygen atoms in total. The number of nitriles is 1. The summed E-state index contributed by atoms with van der Waals surface area (Å²) in [7, 11) is -2.38. The second kappa shape index (κ2) is 10.9. The van der Waals surface area contributed by atoms with Crippen LogP contribution in [0.4, 0.5) is 33.9 Å². The highest BCUT2D eigenvalue weighted by atomic mass is 32.2. The van der Waals surface area contributed by atoms with Crippen molar-refractivity contribution in [1.29, 1.82) is 5.26 Å². The van der Waals surface area contributed by atoms with E-state index < -0.39 is 15.3 Å². The Balaban J connectivity index is 1.57. The lowest BCUT2D eigenvalue weighted by molar-refractivity contribution is 0.0223. The number of fused-ring (bicyclic) bond motifs is 1. The first-order chi connectivity index (χ1) is 18.3. The molecule has 39 heavy (non-hydrogen) atoms. The number of aryl methyl sites for hydroxylation is 1. The first kappa shape index (κ1) is 27.8. The fourth-order valence-electron chi connectivity index (χ4n) is 4.11. The summed E-state index contributed by atoms with van der Waals surface area (Å²) < 4.78 is 21.7. The van der Waals surface area contributed by atoms with Gasteiger partial charge in [0.15, 0.2) is 11.6 Å². The maximum atomic E-state index is 12.6. The summed E-state index contributed by atoms with van der Waals surface area (Å²) in [6.45, 7) is 8.63. The Bertz CT molecular complexity index is 1570. The Morgan fingerprint density at radius 2 is 1.97 bits per heavy atom. The number of hydrogen-bond acceptors (Lipinski definition) is 10. The van der Waals surface area contributed by atoms with Gasteiger partial charge in [-0.3, -0.25) is 0 Å². The van der Waals surface area contributed by atoms with Crippen molar-refractivity contribution in [1.82, 2.24) is 19.9 Å². The summed E-state index contributed by atoms with van der Waals surface area (Å²) in [5.74, 6) is 1.25. The molecule has 0 saturated heterocycles. The van der Waals surface area contributed by atoms with Crippen molar-refractivity contribution in [2.75, 3.05) is 29.7 Å². The predicted molar refractivity (Wildman–Crippen MR) is 151 cm³/mol. The van der Waals surface area contributed by atoms with Gasteiger partial charge in [0.05, 0.1) is 6.20 Å². The molecule has 0 saturated carbocycles. The second-order valence-corrected chi connectivity index (χ2v) is 13.1. The third kappa shape index (κ3) is 7.42. The summed E-state index contributed by atoms with van der Waals surface area (Å²) >= 11 is 0. The predicted octanol–water partition coefficient (Wildman–Crippen LogP) is 5.19. The molecule has 1 aromatic carbocycles. The molecular formula is C27H32N8O3S. The highest BCUT2D eigenvalue weighted by molar-refractivity contribution is 7.92. The number of ether oxygens (including phenoxy) is 1. The zero-order valence-electron chi connectivity index (χ0n) is 22.9. The molecule has 3 aromatic rings. The van der Waals surface area contributed by atoms with Crippen molar-refractivity contribution in [2.24, 2.45) is 4.36 Å². The smallest absolute Gasteiger partial charge is 0.410 e. The number of rotatable bonds is 5. The molecule has 1 aliphatic rings. The minimum Gasteiger partial charge on any atom is -0.444 e. The van der Waals surface area contributed by atoms with E-state index in [2.05, 4.69) is 36.0 Å². The van der Waals surface area contributed by atoms with Crippen LogP contribution in [0.1, 0.15) is 43.0 Å². The van der Waals surface area contributed by atoms with Crippen LogP contribution < -0.4 is 10.6 Å². The van der Waals surface area contributed by atoms with Crippen molar-refractivity contribution < 1.29 is 13.7 Å². The molecule has 204 valence electrons. The average molecular weight is 549 g/mol.